The van der Waals surface area contributed by atoms with Crippen LogP contribution in [0.2, 0.25) is 0 Å². The molecule has 4 unspecified atom stereocenters. The number of Topliss-reactive ketones (excluding diaryl/α,β-unsaturated/α-hetero) is 1. The van der Waals surface area contributed by atoms with Crippen LogP contribution in [0.25, 0.3) is 0 Å². The second-order valence-corrected chi connectivity index (χ2v) is 5.86. The summed E-state index contributed by atoms with van der Waals surface area (Å²) in [6, 6.07) is -0.848. The molecule has 1 aliphatic rings. The molecule has 8 heteroatoms. The first-order valence-corrected chi connectivity index (χ1v) is 7.21. The zero-order valence-corrected chi connectivity index (χ0v) is 12.8. The summed E-state index contributed by atoms with van der Waals surface area (Å²) in [6.45, 7) is 3.53. The molecule has 22 heavy (non-hydrogen) atoms. The first kappa shape index (κ1) is 18.1. The number of carbonyl (C=O) groups excluding carboxylic acids is 4. The highest BCUT2D eigenvalue weighted by molar-refractivity contribution is 5.92. The molecule has 0 aromatic carbocycles. The summed E-state index contributed by atoms with van der Waals surface area (Å²) in [4.78, 5) is 45.6. The number of amides is 3. The van der Waals surface area contributed by atoms with Crippen LogP contribution < -0.4 is 16.8 Å². The van der Waals surface area contributed by atoms with Gasteiger partial charge in [-0.05, 0) is 11.8 Å². The van der Waals surface area contributed by atoms with Crippen molar-refractivity contribution < 1.29 is 23.9 Å². The van der Waals surface area contributed by atoms with Gasteiger partial charge in [0.05, 0.1) is 12.5 Å². The molecule has 0 aromatic rings. The maximum Gasteiger partial charge on any atom is 0.220 e. The van der Waals surface area contributed by atoms with Crippen molar-refractivity contribution in [2.45, 2.75) is 45.3 Å². The van der Waals surface area contributed by atoms with Crippen LogP contribution in [0.1, 0.15) is 33.1 Å². The van der Waals surface area contributed by atoms with Gasteiger partial charge in [-0.1, -0.05) is 13.8 Å². The highest BCUT2D eigenvalue weighted by Gasteiger charge is 2.37. The summed E-state index contributed by atoms with van der Waals surface area (Å²) in [5, 5.41) is 2.59. The second kappa shape index (κ2) is 7.88. The van der Waals surface area contributed by atoms with Gasteiger partial charge in [-0.15, -0.1) is 0 Å². The molecule has 4 atom stereocenters. The fourth-order valence-electron chi connectivity index (χ4n) is 2.38. The minimum atomic E-state index is -0.848. The van der Waals surface area contributed by atoms with Crippen LogP contribution in [0.5, 0.6) is 0 Å². The third-order valence-corrected chi connectivity index (χ3v) is 3.88. The van der Waals surface area contributed by atoms with Crippen LogP contribution in [-0.4, -0.2) is 42.3 Å². The number of ether oxygens (including phenoxy) is 1. The van der Waals surface area contributed by atoms with Crippen molar-refractivity contribution in [3.05, 3.63) is 0 Å². The van der Waals surface area contributed by atoms with Crippen molar-refractivity contribution >= 4 is 23.5 Å². The SMILES string of the molecule is CC(CC(N)=O)C(C)CC(=O)NC1C(=O)COC1CC(N)=O. The zero-order chi connectivity index (χ0) is 16.9. The third-order valence-electron chi connectivity index (χ3n) is 3.88. The molecule has 0 spiro atoms. The Morgan fingerprint density at radius 2 is 1.77 bits per heavy atom. The third kappa shape index (κ3) is 5.44. The molecule has 1 aliphatic heterocycles. The molecule has 0 saturated carbocycles. The van der Waals surface area contributed by atoms with Crippen LogP contribution in [0.3, 0.4) is 0 Å². The smallest absolute Gasteiger partial charge is 0.220 e. The van der Waals surface area contributed by atoms with E-state index in [1.54, 1.807) is 0 Å². The van der Waals surface area contributed by atoms with Gasteiger partial charge in [0.1, 0.15) is 12.6 Å². The van der Waals surface area contributed by atoms with E-state index in [1.807, 2.05) is 13.8 Å². The van der Waals surface area contributed by atoms with Gasteiger partial charge in [-0.2, -0.15) is 0 Å². The number of nitrogens with two attached hydrogens (primary N) is 2. The molecule has 124 valence electrons. The van der Waals surface area contributed by atoms with E-state index >= 15 is 0 Å². The lowest BCUT2D eigenvalue weighted by atomic mass is 9.89. The predicted octanol–water partition coefficient (Wildman–Crippen LogP) is -1.15. The largest absolute Gasteiger partial charge is 0.370 e. The monoisotopic (exact) mass is 313 g/mol. The van der Waals surface area contributed by atoms with Gasteiger partial charge >= 0.3 is 0 Å². The van der Waals surface area contributed by atoms with Gasteiger partial charge in [-0.3, -0.25) is 19.2 Å². The zero-order valence-electron chi connectivity index (χ0n) is 12.8. The molecule has 1 heterocycles. The summed E-state index contributed by atoms with van der Waals surface area (Å²) in [6.07, 6.45) is -0.483. The van der Waals surface area contributed by atoms with Crippen molar-refractivity contribution in [1.29, 1.82) is 0 Å². The number of primary amides is 2. The molecule has 1 rings (SSSR count). The highest BCUT2D eigenvalue weighted by Crippen LogP contribution is 2.19. The molecular weight excluding hydrogens is 290 g/mol. The number of carbonyl (C=O) groups is 4. The van der Waals surface area contributed by atoms with E-state index in [-0.39, 0.29) is 49.4 Å². The maximum atomic E-state index is 12.0. The molecule has 0 aliphatic carbocycles. The standard InChI is InChI=1S/C14H23N3O5/c1-7(3-11(15)19)8(2)4-13(21)17-14-9(18)6-22-10(14)5-12(16)20/h7-8,10,14H,3-6H2,1-2H3,(H2,15,19)(H2,16,20)(H,17,21). The summed E-state index contributed by atoms with van der Waals surface area (Å²) < 4.78 is 5.17. The van der Waals surface area contributed by atoms with Crippen LogP contribution in [0, 0.1) is 11.8 Å². The van der Waals surface area contributed by atoms with Crippen molar-refractivity contribution in [2.24, 2.45) is 23.3 Å². The van der Waals surface area contributed by atoms with Crippen LogP contribution in [0.4, 0.5) is 0 Å². The summed E-state index contributed by atoms with van der Waals surface area (Å²) in [7, 11) is 0. The Balaban J connectivity index is 2.53. The van der Waals surface area contributed by atoms with E-state index in [0.29, 0.717) is 0 Å². The Labute approximate surface area is 128 Å². The molecule has 8 nitrogen and oxygen atoms in total. The van der Waals surface area contributed by atoms with Crippen molar-refractivity contribution in [2.75, 3.05) is 6.61 Å². The Bertz CT molecular complexity index is 465. The first-order valence-electron chi connectivity index (χ1n) is 7.21. The minimum absolute atomic E-state index is 0.0415. The summed E-state index contributed by atoms with van der Waals surface area (Å²) >= 11 is 0. The average Bonchev–Trinajstić information content (AvgIpc) is 2.69. The summed E-state index contributed by atoms with van der Waals surface area (Å²) in [5.74, 6) is -1.73. The molecule has 0 radical (unpaired) electrons. The maximum absolute atomic E-state index is 12.0. The molecule has 3 amide bonds. The van der Waals surface area contributed by atoms with Gasteiger partial charge in [0.15, 0.2) is 5.78 Å². The number of hydrogen-bond donors (Lipinski definition) is 3. The van der Waals surface area contributed by atoms with E-state index in [4.69, 9.17) is 16.2 Å². The average molecular weight is 313 g/mol. The van der Waals surface area contributed by atoms with E-state index in [2.05, 4.69) is 5.32 Å². The van der Waals surface area contributed by atoms with Crippen LogP contribution in [0.15, 0.2) is 0 Å². The first-order chi connectivity index (χ1) is 10.2. The molecule has 0 bridgehead atoms. The van der Waals surface area contributed by atoms with E-state index in [9.17, 15) is 19.2 Å². The molecule has 0 aromatic heterocycles. The lowest BCUT2D eigenvalue weighted by Gasteiger charge is -2.21. The molecule has 1 saturated heterocycles. The molecule has 1 fully saturated rings. The normalized spacial score (nSPS) is 23.8. The van der Waals surface area contributed by atoms with Gasteiger partial charge in [0.2, 0.25) is 17.7 Å². The molecule has 5 N–H and O–H groups in total. The van der Waals surface area contributed by atoms with Crippen LogP contribution in [-0.2, 0) is 23.9 Å². The Hall–Kier alpha value is -1.96. The fourth-order valence-corrected chi connectivity index (χ4v) is 2.38. The van der Waals surface area contributed by atoms with Gasteiger partial charge in [-0.25, -0.2) is 0 Å². The topological polar surface area (TPSA) is 142 Å². The Morgan fingerprint density at radius 3 is 2.32 bits per heavy atom. The van der Waals surface area contributed by atoms with E-state index in [1.165, 1.54) is 0 Å². The number of nitrogens with one attached hydrogen (secondary N) is 1. The number of ketones is 1. The minimum Gasteiger partial charge on any atom is -0.370 e. The van der Waals surface area contributed by atoms with Crippen molar-refractivity contribution in [3.63, 3.8) is 0 Å². The molecular formula is C14H23N3O5. The lowest BCUT2D eigenvalue weighted by molar-refractivity contribution is -0.128. The quantitative estimate of drug-likeness (QED) is 0.519. The van der Waals surface area contributed by atoms with E-state index < -0.39 is 24.0 Å². The van der Waals surface area contributed by atoms with Gasteiger partial charge in [0.25, 0.3) is 0 Å². The van der Waals surface area contributed by atoms with Gasteiger partial charge < -0.3 is 21.5 Å². The summed E-state index contributed by atoms with van der Waals surface area (Å²) in [5.41, 5.74) is 10.2. The van der Waals surface area contributed by atoms with Crippen molar-refractivity contribution in [1.82, 2.24) is 5.32 Å². The van der Waals surface area contributed by atoms with E-state index in [0.717, 1.165) is 0 Å². The highest BCUT2D eigenvalue weighted by atomic mass is 16.5. The number of rotatable bonds is 8. The van der Waals surface area contributed by atoms with Crippen molar-refractivity contribution in [3.8, 4) is 0 Å². The second-order valence-electron chi connectivity index (χ2n) is 5.86. The predicted molar refractivity (Wildman–Crippen MR) is 77.2 cm³/mol. The van der Waals surface area contributed by atoms with Gasteiger partial charge in [0, 0.05) is 12.8 Å². The van der Waals surface area contributed by atoms with Crippen LogP contribution >= 0.6 is 0 Å². The lowest BCUT2D eigenvalue weighted by Crippen LogP contribution is -2.46. The Kier molecular flexibility index (Phi) is 6.48. The Morgan fingerprint density at radius 1 is 1.18 bits per heavy atom. The number of hydrogen-bond acceptors (Lipinski definition) is 5. The fraction of sp³-hybridized carbons (Fsp3) is 0.714.